The van der Waals surface area contributed by atoms with E-state index in [2.05, 4.69) is 29.3 Å². The Morgan fingerprint density at radius 3 is 2.75 bits per heavy atom. The van der Waals surface area contributed by atoms with Crippen LogP contribution in [0.1, 0.15) is 28.6 Å². The molecule has 1 aromatic heterocycles. The first kappa shape index (κ1) is 16.6. The Morgan fingerprint density at radius 1 is 1.33 bits per heavy atom. The Morgan fingerprint density at radius 2 is 2.08 bits per heavy atom. The maximum absolute atomic E-state index is 12.3. The quantitative estimate of drug-likeness (QED) is 0.667. The number of likely N-dealkylation sites (tertiary alicyclic amines) is 1. The molecule has 2 heterocycles. The number of thiophene rings is 1. The molecule has 3 rings (SSSR count). The molecule has 2 aromatic rings. The van der Waals surface area contributed by atoms with Gasteiger partial charge in [-0.15, -0.1) is 0 Å². The molecule has 1 aliphatic heterocycles. The Balaban J connectivity index is 1.58. The van der Waals surface area contributed by atoms with Gasteiger partial charge in [0.25, 0.3) is 5.91 Å². The largest absolute Gasteiger partial charge is 0.347 e. The SMILES string of the molecule is CC1CC(NC(=O)c2ccc([N+](=O)[O-])s2)CN1Cc1ccccc1. The van der Waals surface area contributed by atoms with Gasteiger partial charge < -0.3 is 5.32 Å². The number of rotatable bonds is 5. The lowest BCUT2D eigenvalue weighted by Crippen LogP contribution is -2.36. The summed E-state index contributed by atoms with van der Waals surface area (Å²) in [6, 6.07) is 13.6. The Bertz CT molecular complexity index is 732. The summed E-state index contributed by atoms with van der Waals surface area (Å²) in [5, 5.41) is 13.7. The van der Waals surface area contributed by atoms with Crippen LogP contribution in [0.15, 0.2) is 42.5 Å². The van der Waals surface area contributed by atoms with Gasteiger partial charge in [0.15, 0.2) is 0 Å². The monoisotopic (exact) mass is 345 g/mol. The number of carbonyl (C=O) groups is 1. The van der Waals surface area contributed by atoms with E-state index in [9.17, 15) is 14.9 Å². The van der Waals surface area contributed by atoms with E-state index in [1.54, 1.807) is 0 Å². The first-order valence-electron chi connectivity index (χ1n) is 7.86. The van der Waals surface area contributed by atoms with E-state index in [4.69, 9.17) is 0 Å². The van der Waals surface area contributed by atoms with E-state index in [-0.39, 0.29) is 17.0 Å². The van der Waals surface area contributed by atoms with Crippen molar-refractivity contribution in [1.29, 1.82) is 0 Å². The van der Waals surface area contributed by atoms with Gasteiger partial charge in [-0.05, 0) is 25.0 Å². The molecule has 2 unspecified atom stereocenters. The highest BCUT2D eigenvalue weighted by Gasteiger charge is 2.30. The van der Waals surface area contributed by atoms with Crippen molar-refractivity contribution in [2.24, 2.45) is 0 Å². The summed E-state index contributed by atoms with van der Waals surface area (Å²) in [4.78, 5) is 25.2. The number of hydrogen-bond acceptors (Lipinski definition) is 5. The summed E-state index contributed by atoms with van der Waals surface area (Å²) in [6.45, 7) is 3.80. The highest BCUT2D eigenvalue weighted by Crippen LogP contribution is 2.25. The predicted molar refractivity (Wildman–Crippen MR) is 93.2 cm³/mol. The van der Waals surface area contributed by atoms with Gasteiger partial charge in [0.05, 0.1) is 9.80 Å². The topological polar surface area (TPSA) is 75.5 Å². The summed E-state index contributed by atoms with van der Waals surface area (Å²) < 4.78 is 0. The summed E-state index contributed by atoms with van der Waals surface area (Å²) in [5.74, 6) is -0.230. The summed E-state index contributed by atoms with van der Waals surface area (Å²) in [6.07, 6.45) is 0.881. The molecule has 1 amide bonds. The second-order valence-corrected chi connectivity index (χ2v) is 7.13. The summed E-state index contributed by atoms with van der Waals surface area (Å²) in [7, 11) is 0. The zero-order valence-electron chi connectivity index (χ0n) is 13.3. The molecule has 0 radical (unpaired) electrons. The van der Waals surface area contributed by atoms with E-state index in [1.165, 1.54) is 17.7 Å². The van der Waals surface area contributed by atoms with Crippen LogP contribution in [0.5, 0.6) is 0 Å². The number of nitrogens with zero attached hydrogens (tertiary/aromatic N) is 2. The number of benzene rings is 1. The fourth-order valence-corrected chi connectivity index (χ4v) is 3.77. The molecule has 0 spiro atoms. The average Bonchev–Trinajstić information content (AvgIpc) is 3.16. The molecule has 24 heavy (non-hydrogen) atoms. The van der Waals surface area contributed by atoms with Crippen LogP contribution in [0.4, 0.5) is 5.00 Å². The Labute approximate surface area is 144 Å². The molecule has 0 saturated carbocycles. The fraction of sp³-hybridized carbons (Fsp3) is 0.353. The maximum atomic E-state index is 12.3. The third kappa shape index (κ3) is 3.80. The van der Waals surface area contributed by atoms with Crippen molar-refractivity contribution in [3.63, 3.8) is 0 Å². The molecule has 6 nitrogen and oxygen atoms in total. The molecular weight excluding hydrogens is 326 g/mol. The fourth-order valence-electron chi connectivity index (χ4n) is 3.05. The first-order chi connectivity index (χ1) is 11.5. The zero-order chi connectivity index (χ0) is 17.1. The lowest BCUT2D eigenvalue weighted by molar-refractivity contribution is -0.380. The molecule has 0 bridgehead atoms. The van der Waals surface area contributed by atoms with Crippen molar-refractivity contribution < 1.29 is 9.72 Å². The van der Waals surface area contributed by atoms with E-state index < -0.39 is 4.92 Å². The number of nitrogens with one attached hydrogen (secondary N) is 1. The van der Waals surface area contributed by atoms with Crippen molar-refractivity contribution in [2.75, 3.05) is 6.54 Å². The predicted octanol–water partition coefficient (Wildman–Crippen LogP) is 3.05. The molecule has 1 saturated heterocycles. The number of carbonyl (C=O) groups excluding carboxylic acids is 1. The van der Waals surface area contributed by atoms with Crippen LogP contribution in [-0.4, -0.2) is 34.4 Å². The third-order valence-corrected chi connectivity index (χ3v) is 5.30. The lowest BCUT2D eigenvalue weighted by atomic mass is 10.2. The second-order valence-electron chi connectivity index (χ2n) is 6.07. The molecule has 7 heteroatoms. The highest BCUT2D eigenvalue weighted by atomic mass is 32.1. The third-order valence-electron chi connectivity index (χ3n) is 4.26. The molecule has 1 aromatic carbocycles. The van der Waals surface area contributed by atoms with Gasteiger partial charge in [-0.3, -0.25) is 19.8 Å². The molecule has 1 aliphatic rings. The summed E-state index contributed by atoms with van der Waals surface area (Å²) >= 11 is 0.912. The molecule has 126 valence electrons. The maximum Gasteiger partial charge on any atom is 0.324 e. The highest BCUT2D eigenvalue weighted by molar-refractivity contribution is 7.17. The standard InChI is InChI=1S/C17H19N3O3S/c1-12-9-14(11-19(12)10-13-5-3-2-4-6-13)18-17(21)15-7-8-16(24-15)20(22)23/h2-8,12,14H,9-11H2,1H3,(H,18,21). The molecule has 2 atom stereocenters. The van der Waals surface area contributed by atoms with Gasteiger partial charge in [-0.25, -0.2) is 0 Å². The first-order valence-corrected chi connectivity index (χ1v) is 8.67. The zero-order valence-corrected chi connectivity index (χ0v) is 14.2. The van der Waals surface area contributed by atoms with E-state index in [0.717, 1.165) is 30.8 Å². The van der Waals surface area contributed by atoms with Crippen LogP contribution in [-0.2, 0) is 6.54 Å². The molecular formula is C17H19N3O3S. The smallest absolute Gasteiger partial charge is 0.324 e. The Hall–Kier alpha value is -2.25. The summed E-state index contributed by atoms with van der Waals surface area (Å²) in [5.41, 5.74) is 1.25. The van der Waals surface area contributed by atoms with Crippen molar-refractivity contribution in [1.82, 2.24) is 10.2 Å². The van der Waals surface area contributed by atoms with Gasteiger partial charge in [0.2, 0.25) is 0 Å². The van der Waals surface area contributed by atoms with E-state index in [1.807, 2.05) is 18.2 Å². The van der Waals surface area contributed by atoms with E-state index in [0.29, 0.717) is 10.9 Å². The van der Waals surface area contributed by atoms with Crippen molar-refractivity contribution in [2.45, 2.75) is 32.0 Å². The number of amides is 1. The van der Waals surface area contributed by atoms with Gasteiger partial charge >= 0.3 is 5.00 Å². The molecule has 1 N–H and O–H groups in total. The van der Waals surface area contributed by atoms with Crippen LogP contribution < -0.4 is 5.32 Å². The number of nitro groups is 1. The lowest BCUT2D eigenvalue weighted by Gasteiger charge is -2.20. The van der Waals surface area contributed by atoms with Gasteiger partial charge in [0, 0.05) is 31.2 Å². The minimum Gasteiger partial charge on any atom is -0.347 e. The van der Waals surface area contributed by atoms with Crippen LogP contribution in [0.25, 0.3) is 0 Å². The minimum atomic E-state index is -0.472. The van der Waals surface area contributed by atoms with Gasteiger partial charge in [0.1, 0.15) is 0 Å². The second kappa shape index (κ2) is 7.11. The molecule has 1 fully saturated rings. The van der Waals surface area contributed by atoms with Crippen molar-refractivity contribution in [3.8, 4) is 0 Å². The van der Waals surface area contributed by atoms with Crippen LogP contribution in [0.3, 0.4) is 0 Å². The Kier molecular flexibility index (Phi) is 4.92. The van der Waals surface area contributed by atoms with Gasteiger partial charge in [-0.2, -0.15) is 0 Å². The minimum absolute atomic E-state index is 0.00866. The van der Waals surface area contributed by atoms with Crippen molar-refractivity contribution in [3.05, 3.63) is 63.0 Å². The number of hydrogen-bond donors (Lipinski definition) is 1. The van der Waals surface area contributed by atoms with Crippen LogP contribution in [0, 0.1) is 10.1 Å². The van der Waals surface area contributed by atoms with E-state index >= 15 is 0 Å². The van der Waals surface area contributed by atoms with Gasteiger partial charge in [-0.1, -0.05) is 41.7 Å². The molecule has 0 aliphatic carbocycles. The van der Waals surface area contributed by atoms with Crippen LogP contribution in [0.2, 0.25) is 0 Å². The van der Waals surface area contributed by atoms with Crippen molar-refractivity contribution >= 4 is 22.2 Å². The normalized spacial score (nSPS) is 20.9. The average molecular weight is 345 g/mol. The van der Waals surface area contributed by atoms with Crippen LogP contribution >= 0.6 is 11.3 Å².